The van der Waals surface area contributed by atoms with Crippen LogP contribution in [0.25, 0.3) is 11.2 Å². The summed E-state index contributed by atoms with van der Waals surface area (Å²) in [5.74, 6) is 0. The van der Waals surface area contributed by atoms with Crippen molar-refractivity contribution < 1.29 is 0 Å². The van der Waals surface area contributed by atoms with Gasteiger partial charge in [0, 0.05) is 13.6 Å². The van der Waals surface area contributed by atoms with Crippen LogP contribution < -0.4 is 11.2 Å². The monoisotopic (exact) mass is 260 g/mol. The Bertz CT molecular complexity index is 675. The molecular weight excluding hydrogens is 243 g/mol. The fourth-order valence-corrected chi connectivity index (χ4v) is 1.77. The second-order valence-corrected chi connectivity index (χ2v) is 5.42. The summed E-state index contributed by atoms with van der Waals surface area (Å²) < 4.78 is 2.84. The van der Waals surface area contributed by atoms with E-state index in [1.54, 1.807) is 10.9 Å². The quantitative estimate of drug-likeness (QED) is 0.723. The van der Waals surface area contributed by atoms with Crippen LogP contribution in [0, 0.1) is 5.41 Å². The van der Waals surface area contributed by atoms with E-state index in [4.69, 9.17) is 0 Å². The summed E-state index contributed by atoms with van der Waals surface area (Å²) in [4.78, 5) is 30.0. The van der Waals surface area contributed by atoms with Gasteiger partial charge in [-0.3, -0.25) is 14.3 Å². The van der Waals surface area contributed by atoms with Crippen molar-refractivity contribution in [3.63, 3.8) is 0 Å². The zero-order valence-corrected chi connectivity index (χ0v) is 10.4. The van der Waals surface area contributed by atoms with Gasteiger partial charge in [-0.25, -0.2) is 9.78 Å². The number of nitrogens with zero attached hydrogens (tertiary/aromatic N) is 3. The Morgan fingerprint density at radius 1 is 1.33 bits per heavy atom. The molecule has 0 bridgehead atoms. The van der Waals surface area contributed by atoms with Crippen molar-refractivity contribution in [2.45, 2.75) is 27.3 Å². The summed E-state index contributed by atoms with van der Waals surface area (Å²) in [5, 5.41) is 0. The van der Waals surface area contributed by atoms with Crippen molar-refractivity contribution in [1.82, 2.24) is 19.1 Å². The molecule has 0 amide bonds. The van der Waals surface area contributed by atoms with Gasteiger partial charge >= 0.3 is 35.2 Å². The van der Waals surface area contributed by atoms with Gasteiger partial charge in [-0.1, -0.05) is 20.8 Å². The fraction of sp³-hybridized carbons (Fsp3) is 0.545. The fourth-order valence-electron chi connectivity index (χ4n) is 1.77. The molecule has 0 aliphatic rings. The van der Waals surface area contributed by atoms with Crippen LogP contribution >= 0.6 is 0 Å². The van der Waals surface area contributed by atoms with E-state index in [0.717, 1.165) is 4.57 Å². The maximum absolute atomic E-state index is 12.0. The van der Waals surface area contributed by atoms with Gasteiger partial charge in [-0.05, 0) is 5.41 Å². The van der Waals surface area contributed by atoms with E-state index in [9.17, 15) is 9.59 Å². The molecule has 0 aromatic carbocycles. The molecule has 94 valence electrons. The molecule has 0 aliphatic carbocycles. The second-order valence-electron chi connectivity index (χ2n) is 5.42. The summed E-state index contributed by atoms with van der Waals surface area (Å²) in [5.41, 5.74) is 0.0767. The van der Waals surface area contributed by atoms with Crippen LogP contribution in [0.5, 0.6) is 0 Å². The Morgan fingerprint density at radius 2 is 1.94 bits per heavy atom. The summed E-state index contributed by atoms with van der Waals surface area (Å²) >= 11 is 0. The van der Waals surface area contributed by atoms with E-state index >= 15 is 0 Å². The van der Waals surface area contributed by atoms with E-state index < -0.39 is 5.69 Å². The molecule has 6 nitrogen and oxygen atoms in total. The molecule has 2 aromatic heterocycles. The van der Waals surface area contributed by atoms with Crippen LogP contribution in [-0.4, -0.2) is 48.7 Å². The van der Waals surface area contributed by atoms with Crippen molar-refractivity contribution in [3.8, 4) is 0 Å². The minimum absolute atomic E-state index is 0. The van der Waals surface area contributed by atoms with Crippen LogP contribution in [0.1, 0.15) is 20.8 Å². The minimum atomic E-state index is -0.441. The van der Waals surface area contributed by atoms with Crippen molar-refractivity contribution in [3.05, 3.63) is 27.2 Å². The number of imidazole rings is 1. The molecule has 18 heavy (non-hydrogen) atoms. The van der Waals surface area contributed by atoms with Gasteiger partial charge in [-0.15, -0.1) is 0 Å². The first kappa shape index (κ1) is 15.2. The van der Waals surface area contributed by atoms with Gasteiger partial charge < -0.3 is 4.57 Å². The summed E-state index contributed by atoms with van der Waals surface area (Å²) in [6.45, 7) is 6.91. The number of aromatic nitrogens is 4. The Hall–Kier alpha value is -0.850. The average molecular weight is 260 g/mol. The Kier molecular flexibility index (Phi) is 4.25. The Morgan fingerprint density at radius 3 is 2.50 bits per heavy atom. The summed E-state index contributed by atoms with van der Waals surface area (Å²) in [7, 11) is 1.45. The standard InChI is InChI=1S/C11H16N4O2.Na.H/c1-11(2,3)5-15-6-12-8-7(15)9(16)14(4)10(17)13-8;;/h6H,5H2,1-4H3,(H,13,17);;. The molecule has 2 aromatic rings. The van der Waals surface area contributed by atoms with E-state index in [1.165, 1.54) is 7.05 Å². The van der Waals surface area contributed by atoms with E-state index in [1.807, 2.05) is 0 Å². The van der Waals surface area contributed by atoms with Crippen LogP contribution in [0.3, 0.4) is 0 Å². The number of H-pyrrole nitrogens is 1. The first-order valence-electron chi connectivity index (χ1n) is 5.44. The summed E-state index contributed by atoms with van der Waals surface area (Å²) in [6, 6.07) is 0. The molecule has 0 radical (unpaired) electrons. The molecule has 7 heteroatoms. The molecule has 0 atom stereocenters. The van der Waals surface area contributed by atoms with Crippen molar-refractivity contribution in [2.24, 2.45) is 12.5 Å². The Balaban J connectivity index is 0.00000162. The molecule has 0 fully saturated rings. The predicted molar refractivity (Wildman–Crippen MR) is 72.2 cm³/mol. The molecule has 0 aliphatic heterocycles. The predicted octanol–water partition coefficient (Wildman–Crippen LogP) is -0.179. The van der Waals surface area contributed by atoms with Gasteiger partial charge in [0.15, 0.2) is 11.2 Å². The molecule has 1 N–H and O–H groups in total. The normalized spacial score (nSPS) is 11.6. The zero-order valence-electron chi connectivity index (χ0n) is 10.4. The van der Waals surface area contributed by atoms with E-state index in [-0.39, 0.29) is 40.5 Å². The van der Waals surface area contributed by atoms with Crippen molar-refractivity contribution in [1.29, 1.82) is 0 Å². The third-order valence-corrected chi connectivity index (χ3v) is 2.52. The third kappa shape index (κ3) is 2.76. The van der Waals surface area contributed by atoms with Gasteiger partial charge in [0.25, 0.3) is 5.56 Å². The summed E-state index contributed by atoms with van der Waals surface area (Å²) in [6.07, 6.45) is 1.59. The number of nitrogens with one attached hydrogen (secondary N) is 1. The van der Waals surface area contributed by atoms with Crippen molar-refractivity contribution in [2.75, 3.05) is 0 Å². The van der Waals surface area contributed by atoms with Crippen LogP contribution in [0.4, 0.5) is 0 Å². The molecule has 0 saturated heterocycles. The number of rotatable bonds is 1. The molecule has 0 saturated carbocycles. The third-order valence-electron chi connectivity index (χ3n) is 2.52. The number of hydrogen-bond donors (Lipinski definition) is 1. The van der Waals surface area contributed by atoms with Crippen LogP contribution in [-0.2, 0) is 13.6 Å². The van der Waals surface area contributed by atoms with E-state index in [0.29, 0.717) is 17.7 Å². The maximum atomic E-state index is 12.0. The first-order chi connectivity index (χ1) is 7.79. The molecular formula is C11H17N4NaO2. The molecule has 0 unspecified atom stereocenters. The molecule has 2 heterocycles. The van der Waals surface area contributed by atoms with Gasteiger partial charge in [0.1, 0.15) is 0 Å². The molecule has 0 spiro atoms. The van der Waals surface area contributed by atoms with Gasteiger partial charge in [0.05, 0.1) is 6.33 Å². The van der Waals surface area contributed by atoms with Crippen LogP contribution in [0.2, 0.25) is 0 Å². The van der Waals surface area contributed by atoms with Gasteiger partial charge in [-0.2, -0.15) is 0 Å². The first-order valence-corrected chi connectivity index (χ1v) is 5.44. The zero-order chi connectivity index (χ0) is 12.8. The van der Waals surface area contributed by atoms with Gasteiger partial charge in [0.2, 0.25) is 0 Å². The SMILES string of the molecule is Cn1c(=O)[nH]c2ncn(CC(C)(C)C)c2c1=O.[NaH]. The van der Waals surface area contributed by atoms with E-state index in [2.05, 4.69) is 30.7 Å². The molecule has 2 rings (SSSR count). The number of fused-ring (bicyclic) bond motifs is 1. The number of hydrogen-bond acceptors (Lipinski definition) is 3. The van der Waals surface area contributed by atoms with Crippen molar-refractivity contribution >= 4 is 40.7 Å². The second kappa shape index (κ2) is 5.03. The Labute approximate surface area is 126 Å². The topological polar surface area (TPSA) is 72.7 Å². The van der Waals surface area contributed by atoms with Crippen LogP contribution in [0.15, 0.2) is 15.9 Å². The number of aromatic amines is 1. The average Bonchev–Trinajstić information content (AvgIpc) is 2.55.